The molecule has 0 aliphatic heterocycles. The molecule has 5 rings (SSSR count). The van der Waals surface area contributed by atoms with E-state index < -0.39 is 63.1 Å². The summed E-state index contributed by atoms with van der Waals surface area (Å²) < 4.78 is 0. The van der Waals surface area contributed by atoms with Crippen molar-refractivity contribution in [3.8, 4) is 16.9 Å². The van der Waals surface area contributed by atoms with Crippen molar-refractivity contribution in [1.82, 2.24) is 0 Å². The Balaban J connectivity index is 1.69. The maximum Gasteiger partial charge on any atom is 0.190 e. The van der Waals surface area contributed by atoms with Crippen LogP contribution >= 0.6 is 0 Å². The number of rotatable bonds is 5. The van der Waals surface area contributed by atoms with Gasteiger partial charge >= 0.3 is 0 Å². The minimum atomic E-state index is -2.70. The zero-order valence-electron chi connectivity index (χ0n) is 24.9. The van der Waals surface area contributed by atoms with Crippen LogP contribution in [-0.4, -0.2) is 58.0 Å². The zero-order valence-corrected chi connectivity index (χ0v) is 24.9. The fraction of sp³-hybridized carbons (Fsp3) is 0.471. The predicted molar refractivity (Wildman–Crippen MR) is 156 cm³/mol. The molecular weight excluding hydrogens is 534 g/mol. The first-order chi connectivity index (χ1) is 19.6. The first kappa shape index (κ1) is 29.7. The normalized spacial score (nSPS) is 32.6. The lowest BCUT2D eigenvalue weighted by atomic mass is 9.40. The van der Waals surface area contributed by atoms with Crippen LogP contribution in [0, 0.1) is 34.5 Å². The van der Waals surface area contributed by atoms with E-state index in [-0.39, 0.29) is 30.1 Å². The first-order valence-electron chi connectivity index (χ1n) is 14.4. The molecule has 8 nitrogen and oxygen atoms in total. The Morgan fingerprint density at radius 1 is 1.05 bits per heavy atom. The van der Waals surface area contributed by atoms with E-state index in [0.717, 1.165) is 23.6 Å². The smallest absolute Gasteiger partial charge is 0.190 e. The number of ketones is 5. The lowest BCUT2D eigenvalue weighted by Gasteiger charge is -2.61. The third kappa shape index (κ3) is 3.91. The minimum Gasteiger partial charge on any atom is -0.507 e. The van der Waals surface area contributed by atoms with Gasteiger partial charge in [0.05, 0.1) is 11.5 Å². The molecule has 2 N–H and O–H groups in total. The van der Waals surface area contributed by atoms with Crippen LogP contribution in [0.4, 0.5) is 0 Å². The van der Waals surface area contributed by atoms with E-state index in [0.29, 0.717) is 12.0 Å². The van der Waals surface area contributed by atoms with Crippen molar-refractivity contribution in [2.75, 3.05) is 7.05 Å². The van der Waals surface area contributed by atoms with Crippen LogP contribution in [0.15, 0.2) is 41.4 Å². The van der Waals surface area contributed by atoms with E-state index in [9.17, 15) is 34.2 Å². The van der Waals surface area contributed by atoms with E-state index in [1.165, 1.54) is 6.07 Å². The maximum absolute atomic E-state index is 14.4. The number of nitrogens with zero attached hydrogens (tertiary/aromatic N) is 1. The summed E-state index contributed by atoms with van der Waals surface area (Å²) >= 11 is 0. The molecular formula is C34H37NO7. The third-order valence-electron chi connectivity index (χ3n) is 10.0. The van der Waals surface area contributed by atoms with E-state index in [1.807, 2.05) is 30.5 Å². The molecule has 3 aliphatic rings. The summed E-state index contributed by atoms with van der Waals surface area (Å²) in [6.07, 6.45) is 2.70. The van der Waals surface area contributed by atoms with Crippen molar-refractivity contribution in [2.45, 2.75) is 59.5 Å². The second-order valence-corrected chi connectivity index (χ2v) is 13.2. The molecule has 6 atom stereocenters. The summed E-state index contributed by atoms with van der Waals surface area (Å²) in [7, 11) is 1.71. The quantitative estimate of drug-likeness (QED) is 0.409. The molecule has 2 aromatic rings. The standard InChI is InChI=1S/C34H37NO7/c1-17(2)26-28(38)24(18(3)36)30(40)34(42)31(41)27-29(39)25-22(15-32(27,4)16-33(26,34)5)21(11-12-23(25)37)20-9-7-19(8-10-20)13-14-35-6/h7-12,14,17,24,26-27,37,42H,13,15-16H2,1-6H3/t24?,26?,27?,32-,33-,34+/m1/s1. The molecule has 0 bridgehead atoms. The molecule has 0 spiro atoms. The highest BCUT2D eigenvalue weighted by Gasteiger charge is 2.76. The third-order valence-corrected chi connectivity index (χ3v) is 10.0. The Morgan fingerprint density at radius 2 is 1.69 bits per heavy atom. The molecule has 0 aromatic heterocycles. The number of carbonyl (C=O) groups excluding carboxylic acids is 5. The molecule has 8 heteroatoms. The fourth-order valence-electron chi connectivity index (χ4n) is 8.42. The molecule has 0 saturated heterocycles. The van der Waals surface area contributed by atoms with Gasteiger partial charge in [-0.25, -0.2) is 0 Å². The molecule has 220 valence electrons. The van der Waals surface area contributed by atoms with E-state index in [2.05, 4.69) is 4.99 Å². The molecule has 0 radical (unpaired) electrons. The van der Waals surface area contributed by atoms with Gasteiger partial charge in [0.25, 0.3) is 0 Å². The SMILES string of the molecule is CN=CCc1ccc(-c2ccc(O)c3c2C[C@]2(C)C[C@]4(C)C(C(C)C)C(=O)C(C(C)=O)C(=O)[C@]4(O)C(=O)C2C3=O)cc1. The summed E-state index contributed by atoms with van der Waals surface area (Å²) in [6.45, 7) is 8.00. The molecule has 0 amide bonds. The number of phenols is 1. The van der Waals surface area contributed by atoms with Gasteiger partial charge in [-0.2, -0.15) is 0 Å². The molecule has 2 fully saturated rings. The van der Waals surface area contributed by atoms with Crippen molar-refractivity contribution in [1.29, 1.82) is 0 Å². The zero-order chi connectivity index (χ0) is 30.9. The maximum atomic E-state index is 14.4. The number of fused-ring (bicyclic) bond motifs is 3. The van der Waals surface area contributed by atoms with Gasteiger partial charge in [-0.1, -0.05) is 58.0 Å². The van der Waals surface area contributed by atoms with Crippen LogP contribution in [0.3, 0.4) is 0 Å². The first-order valence-corrected chi connectivity index (χ1v) is 14.4. The van der Waals surface area contributed by atoms with Crippen molar-refractivity contribution in [3.05, 3.63) is 53.1 Å². The lowest BCUT2D eigenvalue weighted by Crippen LogP contribution is -2.76. The van der Waals surface area contributed by atoms with Crippen molar-refractivity contribution >= 4 is 35.1 Å². The van der Waals surface area contributed by atoms with Crippen molar-refractivity contribution < 1.29 is 34.2 Å². The van der Waals surface area contributed by atoms with Gasteiger partial charge in [0, 0.05) is 31.0 Å². The topological polar surface area (TPSA) is 138 Å². The summed E-state index contributed by atoms with van der Waals surface area (Å²) in [6, 6.07) is 11.0. The Bertz CT molecular complexity index is 1570. The van der Waals surface area contributed by atoms with Crippen molar-refractivity contribution in [2.24, 2.45) is 39.5 Å². The van der Waals surface area contributed by atoms with Gasteiger partial charge in [-0.3, -0.25) is 24.0 Å². The number of hydrogen-bond donors (Lipinski definition) is 2. The summed E-state index contributed by atoms with van der Waals surface area (Å²) in [5.74, 6) is -8.95. The monoisotopic (exact) mass is 571 g/mol. The van der Waals surface area contributed by atoms with Crippen molar-refractivity contribution in [3.63, 3.8) is 0 Å². The van der Waals surface area contributed by atoms with Gasteiger partial charge in [0.2, 0.25) is 0 Å². The Kier molecular flexibility index (Phi) is 7.00. The Morgan fingerprint density at radius 3 is 2.26 bits per heavy atom. The van der Waals surface area contributed by atoms with Crippen LogP contribution in [-0.2, 0) is 32.0 Å². The molecule has 3 aliphatic carbocycles. The number of Topliss-reactive ketones (excluding diaryl/α,β-unsaturated/α-hetero) is 5. The van der Waals surface area contributed by atoms with Crippen LogP contribution in [0.5, 0.6) is 5.75 Å². The summed E-state index contributed by atoms with van der Waals surface area (Å²) in [5, 5.41) is 23.0. The lowest BCUT2D eigenvalue weighted by molar-refractivity contribution is -0.205. The molecule has 42 heavy (non-hydrogen) atoms. The fourth-order valence-corrected chi connectivity index (χ4v) is 8.42. The van der Waals surface area contributed by atoms with Gasteiger partial charge in [0.1, 0.15) is 17.5 Å². The average molecular weight is 572 g/mol. The number of aromatic hydroxyl groups is 1. The van der Waals surface area contributed by atoms with Crippen LogP contribution < -0.4 is 0 Å². The molecule has 2 saturated carbocycles. The number of hydrogen-bond acceptors (Lipinski definition) is 8. The summed E-state index contributed by atoms with van der Waals surface area (Å²) in [4.78, 5) is 72.6. The largest absolute Gasteiger partial charge is 0.507 e. The van der Waals surface area contributed by atoms with Crippen LogP contribution in [0.2, 0.25) is 0 Å². The number of benzene rings is 2. The molecule has 3 unspecified atom stereocenters. The number of aliphatic imine (C=N–C) groups is 1. The summed E-state index contributed by atoms with van der Waals surface area (Å²) in [5.41, 5.74) is -2.11. The highest BCUT2D eigenvalue weighted by molar-refractivity contribution is 6.32. The number of carbonyl (C=O) groups is 5. The second kappa shape index (κ2) is 9.90. The van der Waals surface area contributed by atoms with E-state index in [1.54, 1.807) is 40.8 Å². The van der Waals surface area contributed by atoms with Crippen LogP contribution in [0.1, 0.15) is 62.5 Å². The second-order valence-electron chi connectivity index (χ2n) is 13.2. The average Bonchev–Trinajstić information content (AvgIpc) is 2.89. The Hall–Kier alpha value is -3.78. The van der Waals surface area contributed by atoms with Gasteiger partial charge in [0.15, 0.2) is 28.7 Å². The van der Waals surface area contributed by atoms with E-state index in [4.69, 9.17) is 0 Å². The molecule has 0 heterocycles. The van der Waals surface area contributed by atoms with E-state index >= 15 is 0 Å². The van der Waals surface area contributed by atoms with Crippen LogP contribution in [0.25, 0.3) is 11.1 Å². The van der Waals surface area contributed by atoms with Gasteiger partial charge in [-0.15, -0.1) is 0 Å². The van der Waals surface area contributed by atoms with Gasteiger partial charge < -0.3 is 15.2 Å². The van der Waals surface area contributed by atoms with Gasteiger partial charge in [-0.05, 0) is 59.4 Å². The minimum absolute atomic E-state index is 0.000540. The molecule has 2 aromatic carbocycles. The highest BCUT2D eigenvalue weighted by Crippen LogP contribution is 2.64. The highest BCUT2D eigenvalue weighted by atomic mass is 16.3. The number of phenolic OH excluding ortho intramolecular Hbond substituents is 1. The number of aliphatic hydroxyl groups is 1. The predicted octanol–water partition coefficient (Wildman–Crippen LogP) is 4.00. The Labute approximate surface area is 245 Å².